The molecule has 2 unspecified atom stereocenters. The molecule has 74 heavy (non-hydrogen) atoms. The molecule has 2 aromatic carbocycles. The van der Waals surface area contributed by atoms with Gasteiger partial charge in [0.2, 0.25) is 24.1 Å². The lowest BCUT2D eigenvalue weighted by molar-refractivity contribution is -0.362. The Balaban J connectivity index is 0.000000217. The van der Waals surface area contributed by atoms with Crippen molar-refractivity contribution in [3.63, 3.8) is 0 Å². The van der Waals surface area contributed by atoms with E-state index >= 15 is 0 Å². The van der Waals surface area contributed by atoms with Crippen LogP contribution in [0.4, 0.5) is 4.79 Å². The Labute approximate surface area is 419 Å². The number of piperazine rings is 1. The summed E-state index contributed by atoms with van der Waals surface area (Å²) in [6, 6.07) is 6.30. The van der Waals surface area contributed by atoms with E-state index < -0.39 is 106 Å². The highest BCUT2D eigenvalue weighted by Crippen LogP contribution is 2.59. The monoisotopic (exact) mass is 1080 g/mol. The van der Waals surface area contributed by atoms with Crippen molar-refractivity contribution >= 4 is 39.3 Å². The van der Waals surface area contributed by atoms with Crippen molar-refractivity contribution in [1.82, 2.24) is 10.2 Å². The van der Waals surface area contributed by atoms with Crippen LogP contribution < -0.4 is 40.3 Å². The molecule has 5 fully saturated rings. The number of nitrogens with two attached hydrogens (primary N) is 2. The number of phosphoric ester groups is 2. The first-order valence-electron chi connectivity index (χ1n) is 22.9. The number of nitrogens with zero attached hydrogens (tertiary/aromatic N) is 1. The average Bonchev–Trinajstić information content (AvgIpc) is 3.58. The number of nitrogens with one attached hydrogen (secondary N) is 1. The van der Waals surface area contributed by atoms with Crippen LogP contribution in [0.3, 0.4) is 0 Å². The van der Waals surface area contributed by atoms with Crippen LogP contribution in [0.1, 0.15) is 42.6 Å². The van der Waals surface area contributed by atoms with E-state index in [2.05, 4.69) is 5.32 Å². The molecule has 0 spiro atoms. The number of hydrogen-bond donors (Lipinski definition) is 8. The van der Waals surface area contributed by atoms with E-state index in [1.807, 2.05) is 4.90 Å². The van der Waals surface area contributed by atoms with Crippen LogP contribution in [0.2, 0.25) is 0 Å². The maximum Gasteiger partial charge on any atom is 0.525 e. The van der Waals surface area contributed by atoms with E-state index in [0.29, 0.717) is 40.4 Å². The molecule has 7 aliphatic heterocycles. The number of benzene rings is 2. The summed E-state index contributed by atoms with van der Waals surface area (Å²) in [4.78, 5) is 90.6. The molecule has 28 nitrogen and oxygen atoms in total. The minimum atomic E-state index is -5.22. The number of ketones is 2. The van der Waals surface area contributed by atoms with Crippen LogP contribution in [-0.2, 0) is 61.2 Å². The van der Waals surface area contributed by atoms with Crippen molar-refractivity contribution in [1.29, 1.82) is 0 Å². The van der Waals surface area contributed by atoms with E-state index in [-0.39, 0.29) is 78.6 Å². The number of carbonyl (C=O) groups excluding carboxylic acids is 4. The summed E-state index contributed by atoms with van der Waals surface area (Å²) in [5, 5.41) is 14.6. The highest BCUT2D eigenvalue weighted by Gasteiger charge is 2.73. The third-order valence-corrected chi connectivity index (χ3v) is 15.6. The number of aliphatic hydroxyl groups excluding tert-OH is 1. The fraction of sp³-hybridized carbons (Fsp3) is 0.545. The van der Waals surface area contributed by atoms with Crippen molar-refractivity contribution in [3.8, 4) is 28.7 Å². The molecule has 10 N–H and O–H groups in total. The summed E-state index contributed by atoms with van der Waals surface area (Å²) in [6.07, 6.45) is -9.74. The number of allylic oxidation sites excluding steroid dienone is 2. The number of primary amides is 1. The fourth-order valence-electron chi connectivity index (χ4n) is 11.5. The Morgan fingerprint density at radius 1 is 0.932 bits per heavy atom. The first kappa shape index (κ1) is 52.0. The number of aliphatic hydroxyl groups is 1. The zero-order valence-electron chi connectivity index (χ0n) is 39.8. The van der Waals surface area contributed by atoms with Gasteiger partial charge in [0.05, 0.1) is 62.8 Å². The second-order valence-electron chi connectivity index (χ2n) is 18.6. The Morgan fingerprint density at radius 3 is 2.23 bits per heavy atom. The number of ether oxygens (including phenoxy) is 11. The van der Waals surface area contributed by atoms with Crippen molar-refractivity contribution in [3.05, 3.63) is 63.5 Å². The smallest absolute Gasteiger partial charge is 0.493 e. The Kier molecular flexibility index (Phi) is 13.4. The number of carbonyl (C=O) groups is 4. The quantitative estimate of drug-likeness (QED) is 0.0578. The molecule has 5 saturated heterocycles. The third-order valence-electron chi connectivity index (χ3n) is 14.6. The average molecular weight is 1080 g/mol. The zero-order valence-corrected chi connectivity index (χ0v) is 41.6. The van der Waals surface area contributed by atoms with Crippen LogP contribution in [0, 0.1) is 17.8 Å². The maximum absolute atomic E-state index is 13.6. The number of esters is 1. The van der Waals surface area contributed by atoms with Crippen LogP contribution >= 0.6 is 15.6 Å². The number of methoxy groups -OCH3 is 3. The van der Waals surface area contributed by atoms with Gasteiger partial charge in [-0.05, 0) is 54.8 Å². The first-order valence-corrected chi connectivity index (χ1v) is 26.0. The number of fused-ring (bicyclic) bond motifs is 8. The van der Waals surface area contributed by atoms with E-state index in [0.717, 1.165) is 0 Å². The largest absolute Gasteiger partial charge is 0.525 e. The van der Waals surface area contributed by atoms with Gasteiger partial charge in [-0.25, -0.2) is 13.9 Å². The molecule has 1 amide bonds. The van der Waals surface area contributed by atoms with Crippen molar-refractivity contribution in [2.24, 2.45) is 29.2 Å². The van der Waals surface area contributed by atoms with Crippen LogP contribution in [-0.4, -0.2) is 163 Å². The number of rotatable bonds is 12. The summed E-state index contributed by atoms with van der Waals surface area (Å²) in [7, 11) is -6.23. The fourth-order valence-corrected chi connectivity index (χ4v) is 12.5. The maximum atomic E-state index is 13.6. The van der Waals surface area contributed by atoms with E-state index in [4.69, 9.17) is 72.6 Å². The lowest BCUT2D eigenvalue weighted by atomic mass is 9.66. The lowest BCUT2D eigenvalue weighted by Gasteiger charge is -2.48. The Morgan fingerprint density at radius 2 is 1.61 bits per heavy atom. The minimum Gasteiger partial charge on any atom is -0.493 e. The summed E-state index contributed by atoms with van der Waals surface area (Å²) in [6.45, 7) is 3.22. The van der Waals surface area contributed by atoms with Crippen LogP contribution in [0.15, 0.2) is 46.8 Å². The zero-order chi connectivity index (χ0) is 53.1. The second-order valence-corrected chi connectivity index (χ2v) is 20.9. The van der Waals surface area contributed by atoms with Gasteiger partial charge in [0.25, 0.3) is 0 Å². The van der Waals surface area contributed by atoms with Gasteiger partial charge in [-0.3, -0.25) is 28.7 Å². The van der Waals surface area contributed by atoms with Gasteiger partial charge in [-0.2, -0.15) is 0 Å². The molecule has 2 aromatic rings. The van der Waals surface area contributed by atoms with Crippen molar-refractivity contribution < 1.29 is 114 Å². The van der Waals surface area contributed by atoms with Gasteiger partial charge in [0, 0.05) is 42.7 Å². The second kappa shape index (κ2) is 19.0. The predicted octanol–water partition coefficient (Wildman–Crippen LogP) is -0.430. The molecule has 0 aromatic heterocycles. The predicted molar refractivity (Wildman–Crippen MR) is 240 cm³/mol. The van der Waals surface area contributed by atoms with E-state index in [1.165, 1.54) is 40.4 Å². The SMILES string of the molecule is CO[C@@]12[C@H](COC(N)=O)C3=C(C(=O)C(C)=C(N)C3=O)N1C[C@@H]1N[C@@H]12.COc1cc([C@@H]2c3cc4c(cc3C(O[C@@H]3O[C@@H]5CO[C@@H](C)O[C@H]5[C@H](O)[C@H]3OP(=O)(O)O)C3COC(=O)[C@@H]32)OCO4)cc(OC)c1OP(=O)(O)O. The molecule has 7 heterocycles. The van der Waals surface area contributed by atoms with Gasteiger partial charge in [-0.1, -0.05) is 0 Å². The molecule has 0 saturated carbocycles. The van der Waals surface area contributed by atoms with Crippen molar-refractivity contribution in [2.45, 2.75) is 80.7 Å². The summed E-state index contributed by atoms with van der Waals surface area (Å²) in [5.74, 6) is -4.39. The van der Waals surface area contributed by atoms with E-state index in [9.17, 15) is 53.0 Å². The van der Waals surface area contributed by atoms with Gasteiger partial charge in [0.1, 0.15) is 31.0 Å². The standard InChI is InChI=1S/C29H34O19P2.C15H18N4O5/c1-11-40-9-20-26(44-11)23(30)27(48-50(35,36)37)29(45-20)46-24-14-7-17-16(42-10-43-17)6-13(14)21(22-15(24)8-41-28(22)31)12-4-18(38-2)25(19(5-12)39-3)47-49(32,33)34;1-5-9(16)12(21)8-6(4-24-14(17)22)15(23-2)13-7(18-13)3-19(15)10(8)11(5)20/h4-7,11,15,20-24,26-27,29-30H,8-10H2,1-3H3,(H2,32,33,34)(H2,35,36,37);6-7,13,18H,3-4,16H2,1-2H3,(H2,17,22)/t11-,15?,20-,21-,22+,23+,24?,26-,27-,29+;6-,7+,13+,15-/m11/s1. The molecule has 11 rings (SSSR count). The topological polar surface area (TPSA) is 401 Å². The summed E-state index contributed by atoms with van der Waals surface area (Å²) in [5.41, 5.74) is 12.0. The third kappa shape index (κ3) is 8.78. The number of phosphoric acid groups is 2. The minimum absolute atomic E-state index is 0.0353. The van der Waals surface area contributed by atoms with Gasteiger partial charge < -0.3 is 93.2 Å². The molecule has 30 heteroatoms. The molecule has 2 aliphatic carbocycles. The molecule has 9 aliphatic rings. The summed E-state index contributed by atoms with van der Waals surface area (Å²) < 4.78 is 96.0. The summed E-state index contributed by atoms with van der Waals surface area (Å²) >= 11 is 0. The normalized spacial score (nSPS) is 34.3. The highest BCUT2D eigenvalue weighted by molar-refractivity contribution is 7.46. The molecular weight excluding hydrogens is 1030 g/mol. The molecule has 402 valence electrons. The number of hydrogen-bond acceptors (Lipinski definition) is 23. The van der Waals surface area contributed by atoms with Crippen LogP contribution in [0.25, 0.3) is 0 Å². The Hall–Kier alpha value is -5.42. The number of cyclic esters (lactones) is 1. The lowest BCUT2D eigenvalue weighted by Crippen LogP contribution is -2.63. The van der Waals surface area contributed by atoms with E-state index in [1.54, 1.807) is 19.1 Å². The van der Waals surface area contributed by atoms with Crippen molar-refractivity contribution in [2.75, 3.05) is 54.5 Å². The van der Waals surface area contributed by atoms with Gasteiger partial charge >= 0.3 is 27.7 Å². The Bertz CT molecular complexity index is 2830. The molecule has 0 radical (unpaired) electrons. The van der Waals surface area contributed by atoms with Crippen LogP contribution in [0.5, 0.6) is 28.7 Å². The first-order chi connectivity index (χ1) is 35.0. The molecular formula is C44H52N4O24P2. The molecule has 0 bridgehead atoms. The highest BCUT2D eigenvalue weighted by atomic mass is 31.2. The van der Waals surface area contributed by atoms with Gasteiger partial charge in [-0.15, -0.1) is 0 Å². The number of Topliss-reactive ketones (excluding diaryl/α,β-unsaturated/α-hetero) is 2. The number of amides is 1. The van der Waals surface area contributed by atoms with Gasteiger partial charge in [0.15, 0.2) is 41.3 Å². The molecule has 14 atom stereocenters.